The molecule has 1 heterocycles. The van der Waals surface area contributed by atoms with Gasteiger partial charge >= 0.3 is 12.0 Å². The van der Waals surface area contributed by atoms with E-state index in [1.165, 1.54) is 0 Å². The Morgan fingerprint density at radius 1 is 1.26 bits per heavy atom. The number of imide groups is 1. The summed E-state index contributed by atoms with van der Waals surface area (Å²) in [5.74, 6) is -1.30. The summed E-state index contributed by atoms with van der Waals surface area (Å²) < 4.78 is 10.2. The molecular formula is C16H17ClN4O5S. The van der Waals surface area contributed by atoms with Gasteiger partial charge in [-0.25, -0.2) is 4.79 Å². The molecule has 0 aliphatic carbocycles. The second kappa shape index (κ2) is 10.5. The Labute approximate surface area is 164 Å². The quantitative estimate of drug-likeness (QED) is 0.499. The number of aromatic nitrogens is 2. The number of thioether (sulfide) groups is 1. The third-order valence-corrected chi connectivity index (χ3v) is 4.10. The Morgan fingerprint density at radius 2 is 2.04 bits per heavy atom. The number of benzene rings is 1. The van der Waals surface area contributed by atoms with Gasteiger partial charge in [-0.3, -0.25) is 14.9 Å². The minimum absolute atomic E-state index is 0.139. The minimum atomic E-state index is -0.722. The van der Waals surface area contributed by atoms with Crippen molar-refractivity contribution < 1.29 is 23.5 Å². The van der Waals surface area contributed by atoms with Gasteiger partial charge in [-0.15, -0.1) is 10.2 Å². The van der Waals surface area contributed by atoms with Gasteiger partial charge in [0.15, 0.2) is 6.61 Å². The minimum Gasteiger partial charge on any atom is -0.455 e. The largest absolute Gasteiger partial charge is 0.455 e. The van der Waals surface area contributed by atoms with Gasteiger partial charge in [-0.1, -0.05) is 42.4 Å². The summed E-state index contributed by atoms with van der Waals surface area (Å²) in [5.41, 5.74) is 0.583. The van der Waals surface area contributed by atoms with Gasteiger partial charge in [-0.2, -0.15) is 0 Å². The van der Waals surface area contributed by atoms with Crippen molar-refractivity contribution in [3.05, 3.63) is 29.3 Å². The average molecular weight is 413 g/mol. The van der Waals surface area contributed by atoms with Gasteiger partial charge < -0.3 is 14.5 Å². The maximum atomic E-state index is 11.7. The van der Waals surface area contributed by atoms with Crippen LogP contribution in [-0.2, 0) is 14.3 Å². The van der Waals surface area contributed by atoms with E-state index < -0.39 is 24.5 Å². The van der Waals surface area contributed by atoms with Crippen LogP contribution >= 0.6 is 23.4 Å². The number of nitrogens with zero attached hydrogens (tertiary/aromatic N) is 2. The molecule has 0 aliphatic heterocycles. The number of carbonyl (C=O) groups excluding carboxylic acids is 3. The Kier molecular flexibility index (Phi) is 8.08. The lowest BCUT2D eigenvalue weighted by Gasteiger charge is -2.06. The van der Waals surface area contributed by atoms with Crippen molar-refractivity contribution in [2.45, 2.75) is 18.6 Å². The molecule has 0 spiro atoms. The molecule has 2 rings (SSSR count). The number of esters is 1. The fraction of sp³-hybridized carbons (Fsp3) is 0.312. The van der Waals surface area contributed by atoms with Crippen LogP contribution in [0.2, 0.25) is 5.02 Å². The fourth-order valence-corrected chi connectivity index (χ4v) is 2.54. The Balaban J connectivity index is 1.74. The molecular weight excluding hydrogens is 396 g/mol. The van der Waals surface area contributed by atoms with Crippen molar-refractivity contribution in [2.24, 2.45) is 0 Å². The highest BCUT2D eigenvalue weighted by Gasteiger charge is 2.15. The van der Waals surface area contributed by atoms with Crippen LogP contribution in [0.5, 0.6) is 0 Å². The molecule has 0 bridgehead atoms. The van der Waals surface area contributed by atoms with E-state index in [0.717, 1.165) is 18.2 Å². The van der Waals surface area contributed by atoms with Gasteiger partial charge in [-0.05, 0) is 18.6 Å². The third-order valence-electron chi connectivity index (χ3n) is 2.98. The fourth-order valence-electron chi connectivity index (χ4n) is 1.77. The number of amides is 3. The molecule has 0 radical (unpaired) electrons. The molecule has 2 N–H and O–H groups in total. The van der Waals surface area contributed by atoms with E-state index in [1.807, 2.05) is 12.2 Å². The number of urea groups is 1. The maximum absolute atomic E-state index is 11.7. The Morgan fingerprint density at radius 3 is 2.78 bits per heavy atom. The van der Waals surface area contributed by atoms with Crippen LogP contribution in [0.1, 0.15) is 13.3 Å². The normalized spacial score (nSPS) is 10.3. The topological polar surface area (TPSA) is 123 Å². The molecule has 2 aromatic rings. The number of halogens is 1. The molecule has 11 heteroatoms. The summed E-state index contributed by atoms with van der Waals surface area (Å²) in [5, 5.41) is 12.8. The predicted octanol–water partition coefficient (Wildman–Crippen LogP) is 2.26. The van der Waals surface area contributed by atoms with E-state index in [-0.39, 0.29) is 16.9 Å². The van der Waals surface area contributed by atoms with Crippen LogP contribution in [0.3, 0.4) is 0 Å². The summed E-state index contributed by atoms with van der Waals surface area (Å²) in [4.78, 5) is 34.4. The lowest BCUT2D eigenvalue weighted by atomic mass is 10.2. The Hall–Kier alpha value is -2.59. The predicted molar refractivity (Wildman–Crippen MR) is 98.3 cm³/mol. The van der Waals surface area contributed by atoms with Gasteiger partial charge in [0, 0.05) is 6.54 Å². The number of hydrogen-bond donors (Lipinski definition) is 2. The second-order valence-electron chi connectivity index (χ2n) is 5.11. The molecule has 0 fully saturated rings. The lowest BCUT2D eigenvalue weighted by molar-refractivity contribution is -0.145. The van der Waals surface area contributed by atoms with Crippen LogP contribution in [-0.4, -0.2) is 47.0 Å². The first-order valence-electron chi connectivity index (χ1n) is 7.94. The Bertz CT molecular complexity index is 814. The first-order valence-corrected chi connectivity index (χ1v) is 9.30. The lowest BCUT2D eigenvalue weighted by Crippen LogP contribution is -2.41. The van der Waals surface area contributed by atoms with Crippen LogP contribution in [0.15, 0.2) is 33.9 Å². The highest BCUT2D eigenvalue weighted by molar-refractivity contribution is 7.99. The number of hydrogen-bond acceptors (Lipinski definition) is 8. The van der Waals surface area contributed by atoms with Gasteiger partial charge in [0.25, 0.3) is 11.1 Å². The highest BCUT2D eigenvalue weighted by atomic mass is 35.5. The molecule has 1 aromatic heterocycles. The monoisotopic (exact) mass is 412 g/mol. The van der Waals surface area contributed by atoms with Crippen molar-refractivity contribution in [3.63, 3.8) is 0 Å². The molecule has 0 atom stereocenters. The molecule has 0 saturated heterocycles. The molecule has 27 heavy (non-hydrogen) atoms. The van der Waals surface area contributed by atoms with E-state index >= 15 is 0 Å². The second-order valence-corrected chi connectivity index (χ2v) is 6.44. The first kappa shape index (κ1) is 20.7. The SMILES string of the molecule is CCCNC(=O)NC(=O)COC(=O)CSc1nnc(-c2ccccc2Cl)o1. The van der Waals surface area contributed by atoms with Crippen molar-refractivity contribution in [2.75, 3.05) is 18.9 Å². The van der Waals surface area contributed by atoms with E-state index in [0.29, 0.717) is 17.1 Å². The number of rotatable bonds is 8. The molecule has 0 unspecified atom stereocenters. The van der Waals surface area contributed by atoms with Gasteiger partial charge in [0.1, 0.15) is 5.75 Å². The van der Waals surface area contributed by atoms with Crippen LogP contribution in [0.4, 0.5) is 4.79 Å². The molecule has 144 valence electrons. The van der Waals surface area contributed by atoms with Crippen molar-refractivity contribution in [1.82, 2.24) is 20.8 Å². The van der Waals surface area contributed by atoms with Crippen LogP contribution in [0.25, 0.3) is 11.5 Å². The molecule has 9 nitrogen and oxygen atoms in total. The summed E-state index contributed by atoms with van der Waals surface area (Å²) in [7, 11) is 0. The maximum Gasteiger partial charge on any atom is 0.321 e. The van der Waals surface area contributed by atoms with Crippen molar-refractivity contribution in [1.29, 1.82) is 0 Å². The molecule has 0 saturated carbocycles. The van der Waals surface area contributed by atoms with E-state index in [1.54, 1.807) is 24.3 Å². The van der Waals surface area contributed by atoms with Gasteiger partial charge in [0.05, 0.1) is 10.6 Å². The van der Waals surface area contributed by atoms with E-state index in [4.69, 9.17) is 20.8 Å². The van der Waals surface area contributed by atoms with Crippen molar-refractivity contribution in [3.8, 4) is 11.5 Å². The summed E-state index contributed by atoms with van der Waals surface area (Å²) in [6, 6.07) is 6.35. The zero-order valence-corrected chi connectivity index (χ0v) is 15.9. The standard InChI is InChI=1S/C16H17ClN4O5S/c1-2-7-18-15(24)19-12(22)8-25-13(23)9-27-16-21-20-14(26-16)10-5-3-4-6-11(10)17/h3-6H,2,7-9H2,1H3,(H2,18,19,22,24). The average Bonchev–Trinajstić information content (AvgIpc) is 3.12. The van der Waals surface area contributed by atoms with E-state index in [2.05, 4.69) is 15.5 Å². The first-order chi connectivity index (χ1) is 13.0. The smallest absolute Gasteiger partial charge is 0.321 e. The van der Waals surface area contributed by atoms with Crippen molar-refractivity contribution >= 4 is 41.3 Å². The van der Waals surface area contributed by atoms with Gasteiger partial charge in [0.2, 0.25) is 5.89 Å². The molecule has 3 amide bonds. The van der Waals surface area contributed by atoms with Crippen LogP contribution in [0, 0.1) is 0 Å². The number of carbonyl (C=O) groups is 3. The molecule has 0 aliphatic rings. The third kappa shape index (κ3) is 6.91. The number of nitrogens with one attached hydrogen (secondary N) is 2. The summed E-state index contributed by atoms with van der Waals surface area (Å²) >= 11 is 7.01. The summed E-state index contributed by atoms with van der Waals surface area (Å²) in [6.07, 6.45) is 0.738. The zero-order chi connectivity index (χ0) is 19.6. The summed E-state index contributed by atoms with van der Waals surface area (Å²) in [6.45, 7) is 1.76. The highest BCUT2D eigenvalue weighted by Crippen LogP contribution is 2.28. The molecule has 1 aromatic carbocycles. The van der Waals surface area contributed by atoms with Crippen LogP contribution < -0.4 is 10.6 Å². The zero-order valence-electron chi connectivity index (χ0n) is 14.4. The van der Waals surface area contributed by atoms with E-state index in [9.17, 15) is 14.4 Å². The number of ether oxygens (including phenoxy) is 1.